The highest BCUT2D eigenvalue weighted by atomic mass is 127. The van der Waals surface area contributed by atoms with Gasteiger partial charge in [0.2, 0.25) is 0 Å². The quantitative estimate of drug-likeness (QED) is 0.396. The van der Waals surface area contributed by atoms with Crippen molar-refractivity contribution in [3.8, 4) is 0 Å². The Hall–Kier alpha value is -0.0400. The van der Waals surface area contributed by atoms with Crippen molar-refractivity contribution >= 4 is 29.9 Å². The third-order valence-electron chi connectivity index (χ3n) is 4.17. The number of rotatable bonds is 7. The second kappa shape index (κ2) is 9.82. The van der Waals surface area contributed by atoms with Crippen molar-refractivity contribution in [3.63, 3.8) is 0 Å². The maximum absolute atomic E-state index is 4.73. The first-order chi connectivity index (χ1) is 9.33. The van der Waals surface area contributed by atoms with E-state index in [-0.39, 0.29) is 24.0 Å². The summed E-state index contributed by atoms with van der Waals surface area (Å²) in [5.74, 6) is 1.02. The van der Waals surface area contributed by atoms with Crippen molar-refractivity contribution in [2.75, 3.05) is 26.2 Å². The van der Waals surface area contributed by atoms with Crippen molar-refractivity contribution in [3.05, 3.63) is 0 Å². The van der Waals surface area contributed by atoms with Crippen LogP contribution in [0.5, 0.6) is 0 Å². The number of likely N-dealkylation sites (N-methyl/N-ethyl adjacent to an activating group) is 1. The van der Waals surface area contributed by atoms with Crippen LogP contribution in [0.4, 0.5) is 0 Å². The van der Waals surface area contributed by atoms with E-state index in [4.69, 9.17) is 4.99 Å². The molecular formula is C15H31IN4. The minimum Gasteiger partial charge on any atom is -0.357 e. The predicted molar refractivity (Wildman–Crippen MR) is 97.1 cm³/mol. The van der Waals surface area contributed by atoms with E-state index in [1.807, 2.05) is 0 Å². The Morgan fingerprint density at radius 3 is 2.40 bits per heavy atom. The van der Waals surface area contributed by atoms with Crippen LogP contribution in [0, 0.1) is 0 Å². The normalized spacial score (nSPS) is 20.1. The van der Waals surface area contributed by atoms with Gasteiger partial charge in [-0.2, -0.15) is 0 Å². The van der Waals surface area contributed by atoms with Gasteiger partial charge in [-0.1, -0.05) is 19.8 Å². The summed E-state index contributed by atoms with van der Waals surface area (Å²) in [6, 6.07) is 1.49. The lowest BCUT2D eigenvalue weighted by molar-refractivity contribution is 0.286. The molecule has 4 nitrogen and oxygen atoms in total. The van der Waals surface area contributed by atoms with Gasteiger partial charge in [0.1, 0.15) is 0 Å². The molecular weight excluding hydrogens is 363 g/mol. The first kappa shape index (κ1) is 18.0. The van der Waals surface area contributed by atoms with Gasteiger partial charge in [-0.25, -0.2) is 0 Å². The first-order valence-electron chi connectivity index (χ1n) is 8.12. The Morgan fingerprint density at radius 2 is 1.85 bits per heavy atom. The number of nitrogens with one attached hydrogen (secondary N) is 2. The molecule has 0 aromatic rings. The van der Waals surface area contributed by atoms with Crippen LogP contribution in [0.2, 0.25) is 0 Å². The van der Waals surface area contributed by atoms with Crippen LogP contribution in [0.1, 0.15) is 52.4 Å². The fourth-order valence-corrected chi connectivity index (χ4v) is 2.91. The lowest BCUT2D eigenvalue weighted by Gasteiger charge is -2.20. The van der Waals surface area contributed by atoms with Crippen LogP contribution in [-0.4, -0.2) is 49.1 Å². The third kappa shape index (κ3) is 6.16. The van der Waals surface area contributed by atoms with Crippen molar-refractivity contribution in [2.45, 2.75) is 64.5 Å². The second-order valence-corrected chi connectivity index (χ2v) is 5.75. The Balaban J connectivity index is 0.00000200. The van der Waals surface area contributed by atoms with Gasteiger partial charge in [0.25, 0.3) is 0 Å². The molecule has 118 valence electrons. The smallest absolute Gasteiger partial charge is 0.191 e. The van der Waals surface area contributed by atoms with Crippen LogP contribution in [-0.2, 0) is 0 Å². The summed E-state index contributed by atoms with van der Waals surface area (Å²) in [4.78, 5) is 7.29. The van der Waals surface area contributed by atoms with E-state index in [0.717, 1.165) is 38.2 Å². The van der Waals surface area contributed by atoms with Crippen molar-refractivity contribution in [1.29, 1.82) is 0 Å². The molecule has 20 heavy (non-hydrogen) atoms. The van der Waals surface area contributed by atoms with Crippen LogP contribution >= 0.6 is 24.0 Å². The highest BCUT2D eigenvalue weighted by molar-refractivity contribution is 14.0. The molecule has 0 bridgehead atoms. The SMILES string of the molecule is CCNC(=NCCN(CC)C1CC1)NC1CCCC1.I. The van der Waals surface area contributed by atoms with E-state index in [1.165, 1.54) is 38.5 Å². The summed E-state index contributed by atoms with van der Waals surface area (Å²) in [6.07, 6.45) is 8.10. The predicted octanol–water partition coefficient (Wildman–Crippen LogP) is 2.59. The summed E-state index contributed by atoms with van der Waals surface area (Å²) < 4.78 is 0. The average molecular weight is 394 g/mol. The molecule has 0 aromatic carbocycles. The van der Waals surface area contributed by atoms with Crippen LogP contribution in [0.15, 0.2) is 4.99 Å². The Morgan fingerprint density at radius 1 is 1.15 bits per heavy atom. The van der Waals surface area contributed by atoms with E-state index in [9.17, 15) is 0 Å². The summed E-state index contributed by atoms with van der Waals surface area (Å²) in [6.45, 7) is 8.50. The summed E-state index contributed by atoms with van der Waals surface area (Å²) in [5.41, 5.74) is 0. The second-order valence-electron chi connectivity index (χ2n) is 5.75. The van der Waals surface area contributed by atoms with Crippen molar-refractivity contribution in [2.24, 2.45) is 4.99 Å². The number of aliphatic imine (C=N–C) groups is 1. The average Bonchev–Trinajstić information content (AvgIpc) is 3.12. The zero-order valence-electron chi connectivity index (χ0n) is 13.0. The monoisotopic (exact) mass is 394 g/mol. The number of hydrogen-bond donors (Lipinski definition) is 2. The highest BCUT2D eigenvalue weighted by Crippen LogP contribution is 2.25. The van der Waals surface area contributed by atoms with Crippen LogP contribution in [0.25, 0.3) is 0 Å². The molecule has 2 fully saturated rings. The number of halogens is 1. The number of hydrogen-bond acceptors (Lipinski definition) is 2. The van der Waals surface area contributed by atoms with E-state index in [2.05, 4.69) is 29.4 Å². The zero-order valence-corrected chi connectivity index (χ0v) is 15.4. The van der Waals surface area contributed by atoms with E-state index >= 15 is 0 Å². The van der Waals surface area contributed by atoms with Gasteiger partial charge >= 0.3 is 0 Å². The van der Waals surface area contributed by atoms with Gasteiger partial charge < -0.3 is 10.6 Å². The summed E-state index contributed by atoms with van der Waals surface area (Å²) in [5, 5.41) is 6.94. The van der Waals surface area contributed by atoms with E-state index in [0.29, 0.717) is 6.04 Å². The molecule has 2 aliphatic carbocycles. The summed E-state index contributed by atoms with van der Waals surface area (Å²) >= 11 is 0. The maximum Gasteiger partial charge on any atom is 0.191 e. The highest BCUT2D eigenvalue weighted by Gasteiger charge is 2.27. The number of nitrogens with zero attached hydrogens (tertiary/aromatic N) is 2. The molecule has 0 atom stereocenters. The van der Waals surface area contributed by atoms with E-state index in [1.54, 1.807) is 0 Å². The first-order valence-corrected chi connectivity index (χ1v) is 8.12. The summed E-state index contributed by atoms with van der Waals surface area (Å²) in [7, 11) is 0. The zero-order chi connectivity index (χ0) is 13.5. The molecule has 2 N–H and O–H groups in total. The minimum atomic E-state index is 0. The van der Waals surface area contributed by atoms with Gasteiger partial charge in [0.05, 0.1) is 6.54 Å². The molecule has 2 aliphatic rings. The molecule has 2 saturated carbocycles. The minimum absolute atomic E-state index is 0. The Kier molecular flexibility index (Phi) is 8.84. The van der Waals surface area contributed by atoms with Crippen LogP contribution < -0.4 is 10.6 Å². The Labute approximate surface area is 141 Å². The van der Waals surface area contributed by atoms with Crippen LogP contribution in [0.3, 0.4) is 0 Å². The molecule has 2 rings (SSSR count). The van der Waals surface area contributed by atoms with Gasteiger partial charge in [0.15, 0.2) is 5.96 Å². The molecule has 0 amide bonds. The molecule has 0 aromatic heterocycles. The van der Waals surface area contributed by atoms with Crippen molar-refractivity contribution < 1.29 is 0 Å². The van der Waals surface area contributed by atoms with Gasteiger partial charge in [-0.3, -0.25) is 9.89 Å². The molecule has 0 aliphatic heterocycles. The molecule has 0 saturated heterocycles. The fourth-order valence-electron chi connectivity index (χ4n) is 2.91. The lowest BCUT2D eigenvalue weighted by atomic mass is 10.2. The third-order valence-corrected chi connectivity index (χ3v) is 4.17. The van der Waals surface area contributed by atoms with E-state index < -0.39 is 0 Å². The van der Waals surface area contributed by atoms with Gasteiger partial charge in [-0.15, -0.1) is 24.0 Å². The molecule has 5 heteroatoms. The maximum atomic E-state index is 4.73. The molecule has 0 heterocycles. The van der Waals surface area contributed by atoms with Crippen molar-refractivity contribution in [1.82, 2.24) is 15.5 Å². The molecule has 0 spiro atoms. The topological polar surface area (TPSA) is 39.7 Å². The Bertz CT molecular complexity index is 286. The van der Waals surface area contributed by atoms with Gasteiger partial charge in [-0.05, 0) is 39.2 Å². The largest absolute Gasteiger partial charge is 0.357 e. The number of guanidine groups is 1. The van der Waals surface area contributed by atoms with Gasteiger partial charge in [0, 0.05) is 25.2 Å². The molecule has 0 radical (unpaired) electrons. The fraction of sp³-hybridized carbons (Fsp3) is 0.933. The lowest BCUT2D eigenvalue weighted by Crippen LogP contribution is -2.42. The standard InChI is InChI=1S/C15H30N4.HI/c1-3-16-15(18-13-7-5-6-8-13)17-11-12-19(4-2)14-9-10-14;/h13-14H,3-12H2,1-2H3,(H2,16,17,18);1H. The molecule has 0 unspecified atom stereocenters.